The van der Waals surface area contributed by atoms with E-state index in [9.17, 15) is 13.2 Å². The number of nitrogens with one attached hydrogen (secondary N) is 1. The highest BCUT2D eigenvalue weighted by Gasteiger charge is 2.35. The summed E-state index contributed by atoms with van der Waals surface area (Å²) < 4.78 is 52.8. The Labute approximate surface area is 179 Å². The SMILES string of the molecule is COc1cc(CNCC2(c3ccccc3Cl)CCOCC2)ccc1OCC(F)(F)F. The van der Waals surface area contributed by atoms with Crippen LogP contribution in [-0.4, -0.2) is 39.7 Å². The van der Waals surface area contributed by atoms with Crippen LogP contribution in [0, 0.1) is 0 Å². The highest BCUT2D eigenvalue weighted by molar-refractivity contribution is 6.31. The van der Waals surface area contributed by atoms with Crippen molar-refractivity contribution < 1.29 is 27.4 Å². The Morgan fingerprint density at radius 1 is 1.10 bits per heavy atom. The summed E-state index contributed by atoms with van der Waals surface area (Å²) in [5, 5.41) is 4.22. The molecule has 0 aliphatic carbocycles. The third kappa shape index (κ3) is 5.80. The maximum absolute atomic E-state index is 12.4. The molecule has 0 atom stereocenters. The maximum Gasteiger partial charge on any atom is 0.422 e. The summed E-state index contributed by atoms with van der Waals surface area (Å²) in [4.78, 5) is 0. The van der Waals surface area contributed by atoms with Gasteiger partial charge >= 0.3 is 6.18 Å². The first-order valence-corrected chi connectivity index (χ1v) is 10.1. The number of methoxy groups -OCH3 is 1. The number of benzene rings is 2. The number of hydrogen-bond donors (Lipinski definition) is 1. The molecule has 2 aromatic rings. The molecule has 1 aliphatic heterocycles. The molecule has 2 aromatic carbocycles. The highest BCUT2D eigenvalue weighted by atomic mass is 35.5. The lowest BCUT2D eigenvalue weighted by Gasteiger charge is -2.38. The van der Waals surface area contributed by atoms with E-state index in [1.807, 2.05) is 18.2 Å². The number of ether oxygens (including phenoxy) is 3. The number of halogens is 4. The standard InChI is InChI=1S/C22H25ClF3NO3/c1-28-20-12-16(6-7-19(20)30-15-22(24,25)26)13-27-14-21(8-10-29-11-9-21)17-4-2-3-5-18(17)23/h2-7,12,27H,8-11,13-15H2,1H3. The van der Waals surface area contributed by atoms with Crippen LogP contribution in [0.1, 0.15) is 24.0 Å². The van der Waals surface area contributed by atoms with Gasteiger partial charge in [-0.15, -0.1) is 0 Å². The molecule has 30 heavy (non-hydrogen) atoms. The topological polar surface area (TPSA) is 39.7 Å². The monoisotopic (exact) mass is 443 g/mol. The van der Waals surface area contributed by atoms with Gasteiger partial charge in [0, 0.05) is 36.7 Å². The van der Waals surface area contributed by atoms with Gasteiger partial charge in [0.05, 0.1) is 7.11 Å². The van der Waals surface area contributed by atoms with Crippen molar-refractivity contribution in [3.05, 3.63) is 58.6 Å². The number of rotatable bonds is 8. The smallest absolute Gasteiger partial charge is 0.422 e. The van der Waals surface area contributed by atoms with Gasteiger partial charge in [-0.1, -0.05) is 35.9 Å². The molecule has 0 aromatic heterocycles. The number of alkyl halides is 3. The maximum atomic E-state index is 12.4. The Hall–Kier alpha value is -1.96. The van der Waals surface area contributed by atoms with Gasteiger partial charge in [-0.25, -0.2) is 0 Å². The van der Waals surface area contributed by atoms with Crippen molar-refractivity contribution in [1.82, 2.24) is 5.32 Å². The minimum absolute atomic E-state index is 0.0653. The van der Waals surface area contributed by atoms with Crippen LogP contribution in [0.15, 0.2) is 42.5 Å². The van der Waals surface area contributed by atoms with Crippen LogP contribution in [0.4, 0.5) is 13.2 Å². The molecule has 1 N–H and O–H groups in total. The fourth-order valence-electron chi connectivity index (χ4n) is 3.74. The zero-order chi connectivity index (χ0) is 21.6. The average Bonchev–Trinajstić information content (AvgIpc) is 2.73. The van der Waals surface area contributed by atoms with E-state index in [4.69, 9.17) is 25.8 Å². The molecule has 1 saturated heterocycles. The largest absolute Gasteiger partial charge is 0.493 e. The minimum Gasteiger partial charge on any atom is -0.493 e. The van der Waals surface area contributed by atoms with Gasteiger partial charge in [-0.05, 0) is 42.2 Å². The van der Waals surface area contributed by atoms with Crippen LogP contribution in [0.3, 0.4) is 0 Å². The van der Waals surface area contributed by atoms with E-state index >= 15 is 0 Å². The van der Waals surface area contributed by atoms with Gasteiger partial charge in [-0.2, -0.15) is 13.2 Å². The van der Waals surface area contributed by atoms with E-state index < -0.39 is 12.8 Å². The molecule has 0 bridgehead atoms. The van der Waals surface area contributed by atoms with Crippen LogP contribution in [-0.2, 0) is 16.7 Å². The van der Waals surface area contributed by atoms with E-state index in [1.54, 1.807) is 12.1 Å². The summed E-state index contributed by atoms with van der Waals surface area (Å²) in [5.74, 6) is 0.334. The van der Waals surface area contributed by atoms with Gasteiger partial charge < -0.3 is 19.5 Å². The molecule has 0 unspecified atom stereocenters. The third-order valence-electron chi connectivity index (χ3n) is 5.31. The fraction of sp³-hybridized carbons (Fsp3) is 0.455. The second-order valence-electron chi connectivity index (χ2n) is 7.37. The third-order valence-corrected chi connectivity index (χ3v) is 5.64. The molecular weight excluding hydrogens is 419 g/mol. The van der Waals surface area contributed by atoms with Gasteiger partial charge in [0.25, 0.3) is 0 Å². The first kappa shape index (κ1) is 22.7. The van der Waals surface area contributed by atoms with Crippen molar-refractivity contribution in [1.29, 1.82) is 0 Å². The average molecular weight is 444 g/mol. The zero-order valence-corrected chi connectivity index (χ0v) is 17.5. The van der Waals surface area contributed by atoms with E-state index in [2.05, 4.69) is 11.4 Å². The van der Waals surface area contributed by atoms with Crippen LogP contribution in [0.5, 0.6) is 11.5 Å². The van der Waals surface area contributed by atoms with Crippen LogP contribution >= 0.6 is 11.6 Å². The molecule has 8 heteroatoms. The molecule has 4 nitrogen and oxygen atoms in total. The van der Waals surface area contributed by atoms with Crippen LogP contribution in [0.2, 0.25) is 5.02 Å². The summed E-state index contributed by atoms with van der Waals surface area (Å²) in [7, 11) is 1.40. The summed E-state index contributed by atoms with van der Waals surface area (Å²) >= 11 is 6.48. The molecule has 0 radical (unpaired) electrons. The van der Waals surface area contributed by atoms with Gasteiger partial charge in [0.1, 0.15) is 0 Å². The van der Waals surface area contributed by atoms with Crippen molar-refractivity contribution in [3.8, 4) is 11.5 Å². The predicted octanol–water partition coefficient (Wildman–Crippen LogP) is 5.13. The molecule has 1 fully saturated rings. The lowest BCUT2D eigenvalue weighted by Crippen LogP contribution is -2.42. The first-order chi connectivity index (χ1) is 14.3. The van der Waals surface area contributed by atoms with Gasteiger partial charge in [0.2, 0.25) is 0 Å². The first-order valence-electron chi connectivity index (χ1n) is 9.73. The summed E-state index contributed by atoms with van der Waals surface area (Å²) in [6.07, 6.45) is -2.68. The second kappa shape index (κ2) is 9.90. The van der Waals surface area contributed by atoms with E-state index in [1.165, 1.54) is 13.2 Å². The van der Waals surface area contributed by atoms with Crippen LogP contribution in [0.25, 0.3) is 0 Å². The van der Waals surface area contributed by atoms with E-state index in [0.29, 0.717) is 26.3 Å². The molecule has 0 saturated carbocycles. The molecule has 164 valence electrons. The zero-order valence-electron chi connectivity index (χ0n) is 16.7. The Morgan fingerprint density at radius 3 is 2.50 bits per heavy atom. The lowest BCUT2D eigenvalue weighted by atomic mass is 9.74. The van der Waals surface area contributed by atoms with Crippen molar-refractivity contribution >= 4 is 11.6 Å². The quantitative estimate of drug-likeness (QED) is 0.614. The Morgan fingerprint density at radius 2 is 1.83 bits per heavy atom. The lowest BCUT2D eigenvalue weighted by molar-refractivity contribution is -0.153. The minimum atomic E-state index is -4.40. The molecule has 1 aliphatic rings. The van der Waals surface area contributed by atoms with Crippen LogP contribution < -0.4 is 14.8 Å². The fourth-order valence-corrected chi connectivity index (χ4v) is 4.08. The Balaban J connectivity index is 1.67. The Bertz CT molecular complexity index is 839. The molecule has 0 spiro atoms. The van der Waals surface area contributed by atoms with Gasteiger partial charge in [-0.3, -0.25) is 0 Å². The normalized spacial score (nSPS) is 16.3. The summed E-state index contributed by atoms with van der Waals surface area (Å²) in [5.41, 5.74) is 1.86. The van der Waals surface area contributed by atoms with Crippen molar-refractivity contribution in [2.45, 2.75) is 31.0 Å². The summed E-state index contributed by atoms with van der Waals surface area (Å²) in [6, 6.07) is 12.8. The predicted molar refractivity (Wildman–Crippen MR) is 109 cm³/mol. The molecule has 0 amide bonds. The van der Waals surface area contributed by atoms with E-state index in [0.717, 1.165) is 29.0 Å². The molecule has 3 rings (SSSR count). The highest BCUT2D eigenvalue weighted by Crippen LogP contribution is 2.38. The second-order valence-corrected chi connectivity index (χ2v) is 7.77. The van der Waals surface area contributed by atoms with Crippen molar-refractivity contribution in [2.75, 3.05) is 33.5 Å². The molecular formula is C22H25ClF3NO3. The van der Waals surface area contributed by atoms with Crippen molar-refractivity contribution in [3.63, 3.8) is 0 Å². The van der Waals surface area contributed by atoms with Crippen molar-refractivity contribution in [2.24, 2.45) is 0 Å². The Kier molecular flexibility index (Phi) is 7.50. The number of hydrogen-bond acceptors (Lipinski definition) is 4. The summed E-state index contributed by atoms with van der Waals surface area (Å²) in [6.45, 7) is 1.22. The van der Waals surface area contributed by atoms with E-state index in [-0.39, 0.29) is 16.9 Å². The molecule has 1 heterocycles. The van der Waals surface area contributed by atoms with Gasteiger partial charge in [0.15, 0.2) is 18.1 Å².